The van der Waals surface area contributed by atoms with E-state index in [1.807, 2.05) is 37.3 Å². The predicted molar refractivity (Wildman–Crippen MR) is 104 cm³/mol. The number of benzene rings is 1. The number of sulfone groups is 1. The van der Waals surface area contributed by atoms with Crippen molar-refractivity contribution in [3.63, 3.8) is 0 Å². The van der Waals surface area contributed by atoms with Crippen LogP contribution in [0.3, 0.4) is 0 Å². The second kappa shape index (κ2) is 8.42. The van der Waals surface area contributed by atoms with Crippen molar-refractivity contribution in [1.82, 2.24) is 9.80 Å². The van der Waals surface area contributed by atoms with Gasteiger partial charge in [0.2, 0.25) is 11.8 Å². The van der Waals surface area contributed by atoms with Crippen molar-refractivity contribution < 1.29 is 18.0 Å². The summed E-state index contributed by atoms with van der Waals surface area (Å²) in [5, 5.41) is 0. The molecule has 2 amide bonds. The molecule has 2 saturated heterocycles. The minimum atomic E-state index is -3.05. The van der Waals surface area contributed by atoms with E-state index < -0.39 is 9.84 Å². The van der Waals surface area contributed by atoms with Crippen molar-refractivity contribution in [1.29, 1.82) is 0 Å². The molecule has 2 unspecified atom stereocenters. The van der Waals surface area contributed by atoms with Crippen LogP contribution in [0.5, 0.6) is 0 Å². The molecule has 7 heteroatoms. The zero-order valence-electron chi connectivity index (χ0n) is 15.8. The quantitative estimate of drug-likeness (QED) is 0.705. The van der Waals surface area contributed by atoms with Gasteiger partial charge in [-0.05, 0) is 24.8 Å². The molecule has 2 fully saturated rings. The Bertz CT molecular complexity index is 778. The number of likely N-dealkylation sites (tertiary alicyclic amines) is 1. The highest BCUT2D eigenvalue weighted by atomic mass is 32.2. The number of amides is 2. The van der Waals surface area contributed by atoms with Crippen LogP contribution in [0.25, 0.3) is 0 Å². The van der Waals surface area contributed by atoms with Crippen molar-refractivity contribution in [2.75, 3.05) is 31.1 Å². The Morgan fingerprint density at radius 3 is 2.63 bits per heavy atom. The molecule has 0 aliphatic carbocycles. The second-order valence-corrected chi connectivity index (χ2v) is 9.79. The molecule has 0 radical (unpaired) electrons. The molecule has 0 bridgehead atoms. The van der Waals surface area contributed by atoms with E-state index in [1.165, 1.54) is 5.56 Å². The average molecular weight is 393 g/mol. The molecule has 148 valence electrons. The van der Waals surface area contributed by atoms with Crippen LogP contribution >= 0.6 is 0 Å². The van der Waals surface area contributed by atoms with E-state index in [-0.39, 0.29) is 41.7 Å². The number of hydrogen-bond acceptors (Lipinski definition) is 4. The normalized spacial score (nSPS) is 24.3. The van der Waals surface area contributed by atoms with Gasteiger partial charge >= 0.3 is 0 Å². The largest absolute Gasteiger partial charge is 0.342 e. The van der Waals surface area contributed by atoms with Gasteiger partial charge in [0.15, 0.2) is 9.84 Å². The maximum atomic E-state index is 13.1. The zero-order chi connectivity index (χ0) is 19.4. The number of carbonyl (C=O) groups excluding carboxylic acids is 2. The monoisotopic (exact) mass is 392 g/mol. The Kier molecular flexibility index (Phi) is 6.19. The second-order valence-electron chi connectivity index (χ2n) is 7.56. The van der Waals surface area contributed by atoms with Gasteiger partial charge < -0.3 is 9.80 Å². The number of nitrogens with zero attached hydrogens (tertiary/aromatic N) is 2. The molecule has 6 nitrogen and oxygen atoms in total. The molecule has 2 aliphatic heterocycles. The highest BCUT2D eigenvalue weighted by Crippen LogP contribution is 2.25. The highest BCUT2D eigenvalue weighted by molar-refractivity contribution is 7.91. The molecule has 2 atom stereocenters. The molecule has 1 aromatic rings. The third-order valence-electron chi connectivity index (χ3n) is 5.47. The first-order chi connectivity index (χ1) is 12.9. The Balaban J connectivity index is 1.61. The van der Waals surface area contributed by atoms with E-state index in [0.29, 0.717) is 26.1 Å². The van der Waals surface area contributed by atoms with Gasteiger partial charge in [0, 0.05) is 32.1 Å². The molecule has 0 aromatic heterocycles. The summed E-state index contributed by atoms with van der Waals surface area (Å²) in [6, 6.07) is 9.75. The minimum Gasteiger partial charge on any atom is -0.342 e. The lowest BCUT2D eigenvalue weighted by Crippen LogP contribution is -2.45. The zero-order valence-corrected chi connectivity index (χ0v) is 16.7. The first kappa shape index (κ1) is 19.9. The van der Waals surface area contributed by atoms with Crippen LogP contribution < -0.4 is 0 Å². The molecular weight excluding hydrogens is 364 g/mol. The van der Waals surface area contributed by atoms with Crippen molar-refractivity contribution >= 4 is 21.7 Å². The van der Waals surface area contributed by atoms with Crippen molar-refractivity contribution in [3.8, 4) is 0 Å². The van der Waals surface area contributed by atoms with E-state index in [9.17, 15) is 18.0 Å². The first-order valence-corrected chi connectivity index (χ1v) is 11.5. The first-order valence-electron chi connectivity index (χ1n) is 9.72. The van der Waals surface area contributed by atoms with Crippen molar-refractivity contribution in [2.24, 2.45) is 5.92 Å². The van der Waals surface area contributed by atoms with Crippen molar-refractivity contribution in [2.45, 2.75) is 38.6 Å². The Labute approximate surface area is 161 Å². The van der Waals surface area contributed by atoms with Crippen LogP contribution in [-0.2, 0) is 25.8 Å². The predicted octanol–water partition coefficient (Wildman–Crippen LogP) is 1.50. The van der Waals surface area contributed by atoms with Crippen molar-refractivity contribution in [3.05, 3.63) is 35.9 Å². The van der Waals surface area contributed by atoms with Crippen LogP contribution in [-0.4, -0.2) is 67.2 Å². The maximum absolute atomic E-state index is 13.1. The highest BCUT2D eigenvalue weighted by Gasteiger charge is 2.40. The van der Waals surface area contributed by atoms with Gasteiger partial charge in [-0.1, -0.05) is 37.3 Å². The molecule has 3 rings (SSSR count). The average Bonchev–Trinajstić information content (AvgIpc) is 3.20. The summed E-state index contributed by atoms with van der Waals surface area (Å²) in [6.07, 6.45) is 2.29. The Morgan fingerprint density at radius 1 is 1.26 bits per heavy atom. The number of rotatable bonds is 7. The Hall–Kier alpha value is -1.89. The fraction of sp³-hybridized carbons (Fsp3) is 0.600. The summed E-state index contributed by atoms with van der Waals surface area (Å²) in [7, 11) is -3.05. The van der Waals surface area contributed by atoms with E-state index in [1.54, 1.807) is 9.80 Å². The van der Waals surface area contributed by atoms with Gasteiger partial charge in [0.1, 0.15) is 0 Å². The maximum Gasteiger partial charge on any atom is 0.228 e. The van der Waals surface area contributed by atoms with E-state index >= 15 is 0 Å². The standard InChI is InChI=1S/C20H28N2O4S/c1-2-10-22(18-9-12-27(25,26)15-18)20(24)17-13-19(23)21(14-17)11-8-16-6-4-3-5-7-16/h3-7,17-18H,2,8-15H2,1H3. The van der Waals surface area contributed by atoms with Crippen LogP contribution in [0.1, 0.15) is 31.7 Å². The van der Waals surface area contributed by atoms with E-state index in [4.69, 9.17) is 0 Å². The van der Waals surface area contributed by atoms with Crippen LogP contribution in [0, 0.1) is 5.92 Å². The lowest BCUT2D eigenvalue weighted by Gasteiger charge is -2.30. The molecule has 27 heavy (non-hydrogen) atoms. The third-order valence-corrected chi connectivity index (χ3v) is 7.22. The molecular formula is C20H28N2O4S. The van der Waals surface area contributed by atoms with Gasteiger partial charge in [-0.25, -0.2) is 8.42 Å². The van der Waals surface area contributed by atoms with Crippen LogP contribution in [0.2, 0.25) is 0 Å². The molecule has 1 aromatic carbocycles. The topological polar surface area (TPSA) is 74.8 Å². The van der Waals surface area contributed by atoms with Gasteiger partial charge in [-0.15, -0.1) is 0 Å². The lowest BCUT2D eigenvalue weighted by atomic mass is 10.0. The number of carbonyl (C=O) groups is 2. The fourth-order valence-electron chi connectivity index (χ4n) is 4.03. The summed E-state index contributed by atoms with van der Waals surface area (Å²) >= 11 is 0. The third kappa shape index (κ3) is 4.89. The van der Waals surface area contributed by atoms with Gasteiger partial charge in [-0.3, -0.25) is 9.59 Å². The SMILES string of the molecule is CCCN(C(=O)C1CC(=O)N(CCc2ccccc2)C1)C1CCS(=O)(=O)C1. The summed E-state index contributed by atoms with van der Waals surface area (Å²) in [5.74, 6) is -0.202. The molecule has 0 spiro atoms. The lowest BCUT2D eigenvalue weighted by molar-refractivity contribution is -0.137. The van der Waals surface area contributed by atoms with Crippen LogP contribution in [0.15, 0.2) is 30.3 Å². The summed E-state index contributed by atoms with van der Waals surface area (Å²) in [5.41, 5.74) is 1.17. The van der Waals surface area contributed by atoms with Gasteiger partial charge in [0.25, 0.3) is 0 Å². The van der Waals surface area contributed by atoms with Gasteiger partial charge in [0.05, 0.1) is 17.4 Å². The smallest absolute Gasteiger partial charge is 0.228 e. The molecule has 2 aliphatic rings. The van der Waals surface area contributed by atoms with E-state index in [2.05, 4.69) is 0 Å². The minimum absolute atomic E-state index is 0.0137. The Morgan fingerprint density at radius 2 is 2.00 bits per heavy atom. The molecule has 2 heterocycles. The summed E-state index contributed by atoms with van der Waals surface area (Å²) in [6.45, 7) is 3.58. The van der Waals surface area contributed by atoms with Crippen LogP contribution in [0.4, 0.5) is 0 Å². The summed E-state index contributed by atoms with van der Waals surface area (Å²) in [4.78, 5) is 28.9. The summed E-state index contributed by atoms with van der Waals surface area (Å²) < 4.78 is 23.6. The molecule has 0 N–H and O–H groups in total. The molecule has 0 saturated carbocycles. The fourth-order valence-corrected chi connectivity index (χ4v) is 5.76. The number of hydrogen-bond donors (Lipinski definition) is 0. The van der Waals surface area contributed by atoms with E-state index in [0.717, 1.165) is 12.8 Å². The van der Waals surface area contributed by atoms with Gasteiger partial charge in [-0.2, -0.15) is 0 Å².